The molecule has 1 N–H and O–H groups in total. The summed E-state index contributed by atoms with van der Waals surface area (Å²) < 4.78 is 5.26. The third kappa shape index (κ3) is 4.54. The van der Waals surface area contributed by atoms with E-state index in [0.29, 0.717) is 30.6 Å². The number of anilines is 3. The van der Waals surface area contributed by atoms with Gasteiger partial charge in [-0.25, -0.2) is 4.98 Å². The fourth-order valence-electron chi connectivity index (χ4n) is 3.91. The van der Waals surface area contributed by atoms with E-state index in [9.17, 15) is 9.59 Å². The van der Waals surface area contributed by atoms with Gasteiger partial charge < -0.3 is 14.6 Å². The smallest absolute Gasteiger partial charge is 0.292 e. The average Bonchev–Trinajstić information content (AvgIpc) is 3.24. The van der Waals surface area contributed by atoms with Gasteiger partial charge in [-0.2, -0.15) is 5.26 Å². The Balaban J connectivity index is 1.64. The van der Waals surface area contributed by atoms with E-state index in [-0.39, 0.29) is 17.4 Å². The van der Waals surface area contributed by atoms with Crippen molar-refractivity contribution in [2.75, 3.05) is 54.9 Å². The minimum absolute atomic E-state index is 0.0252. The third-order valence-electron chi connectivity index (χ3n) is 5.84. The van der Waals surface area contributed by atoms with Gasteiger partial charge in [0, 0.05) is 26.2 Å². The van der Waals surface area contributed by atoms with Crippen LogP contribution in [0.2, 0.25) is 0 Å². The van der Waals surface area contributed by atoms with Crippen LogP contribution in [-0.4, -0.2) is 61.5 Å². The molecule has 9 heteroatoms. The molecule has 2 aliphatic rings. The standard InChI is InChI=1S/C22H26N6O3/c1-15-7-9-27(10-8-15)17-4-6-19(28-12-11-26(2)14-20(28)29)24-21(17)25-22(30)18-5-3-16(13-23)31-18/h3-6,15H,7-12,14H2,1-2H3,(H,24,25,30). The number of likely N-dealkylation sites (N-methyl/N-ethyl adjacent to an activating group) is 1. The fraction of sp³-hybridized carbons (Fsp3) is 0.455. The number of carbonyl (C=O) groups is 2. The first-order valence-corrected chi connectivity index (χ1v) is 10.5. The van der Waals surface area contributed by atoms with Gasteiger partial charge >= 0.3 is 0 Å². The summed E-state index contributed by atoms with van der Waals surface area (Å²) in [6.07, 6.45) is 2.13. The molecule has 2 amide bonds. The fourth-order valence-corrected chi connectivity index (χ4v) is 3.91. The lowest BCUT2D eigenvalue weighted by atomic mass is 9.99. The van der Waals surface area contributed by atoms with E-state index in [1.54, 1.807) is 4.90 Å². The molecule has 2 aromatic rings. The molecule has 4 heterocycles. The second-order valence-electron chi connectivity index (χ2n) is 8.22. The first kappa shape index (κ1) is 20.9. The number of nitriles is 1. The van der Waals surface area contributed by atoms with Crippen molar-refractivity contribution in [3.8, 4) is 6.07 Å². The number of piperazine rings is 1. The lowest BCUT2D eigenvalue weighted by molar-refractivity contribution is -0.120. The Morgan fingerprint density at radius 2 is 1.97 bits per heavy atom. The van der Waals surface area contributed by atoms with Crippen LogP contribution in [0, 0.1) is 17.2 Å². The van der Waals surface area contributed by atoms with Gasteiger partial charge in [0.15, 0.2) is 11.6 Å². The number of carbonyl (C=O) groups excluding carboxylic acids is 2. The van der Waals surface area contributed by atoms with Crippen molar-refractivity contribution in [3.05, 3.63) is 35.8 Å². The first-order chi connectivity index (χ1) is 14.9. The number of piperidine rings is 1. The number of nitrogens with one attached hydrogen (secondary N) is 1. The Morgan fingerprint density at radius 1 is 1.19 bits per heavy atom. The Bertz CT molecular complexity index is 1020. The number of hydrogen-bond acceptors (Lipinski definition) is 7. The van der Waals surface area contributed by atoms with Crippen LogP contribution >= 0.6 is 0 Å². The van der Waals surface area contributed by atoms with Crippen LogP contribution < -0.4 is 15.1 Å². The Hall–Kier alpha value is -3.38. The summed E-state index contributed by atoms with van der Waals surface area (Å²) in [6.45, 7) is 5.61. The monoisotopic (exact) mass is 422 g/mol. The van der Waals surface area contributed by atoms with Crippen molar-refractivity contribution >= 4 is 29.1 Å². The van der Waals surface area contributed by atoms with Crippen LogP contribution in [0.4, 0.5) is 17.3 Å². The molecule has 9 nitrogen and oxygen atoms in total. The van der Waals surface area contributed by atoms with Gasteiger partial charge in [-0.1, -0.05) is 6.92 Å². The van der Waals surface area contributed by atoms with Gasteiger partial charge in [-0.3, -0.25) is 19.4 Å². The number of rotatable bonds is 4. The SMILES string of the molecule is CC1CCN(c2ccc(N3CCN(C)CC3=O)nc2NC(=O)c2ccc(C#N)o2)CC1. The Morgan fingerprint density at radius 3 is 2.65 bits per heavy atom. The maximum Gasteiger partial charge on any atom is 0.292 e. The number of hydrogen-bond donors (Lipinski definition) is 1. The second kappa shape index (κ2) is 8.78. The molecule has 0 bridgehead atoms. The summed E-state index contributed by atoms with van der Waals surface area (Å²) in [4.78, 5) is 35.8. The molecule has 0 unspecified atom stereocenters. The normalized spacial score (nSPS) is 18.2. The largest absolute Gasteiger partial charge is 0.440 e. The van der Waals surface area contributed by atoms with Gasteiger partial charge in [0.25, 0.3) is 5.91 Å². The first-order valence-electron chi connectivity index (χ1n) is 10.5. The predicted molar refractivity (Wildman–Crippen MR) is 116 cm³/mol. The lowest BCUT2D eigenvalue weighted by Gasteiger charge is -2.34. The van der Waals surface area contributed by atoms with E-state index < -0.39 is 5.91 Å². The summed E-state index contributed by atoms with van der Waals surface area (Å²) in [5.41, 5.74) is 0.817. The average molecular weight is 422 g/mol. The zero-order valence-corrected chi connectivity index (χ0v) is 17.8. The molecule has 31 heavy (non-hydrogen) atoms. The number of furan rings is 1. The van der Waals surface area contributed by atoms with E-state index in [1.807, 2.05) is 30.1 Å². The van der Waals surface area contributed by atoms with E-state index in [4.69, 9.17) is 9.68 Å². The highest BCUT2D eigenvalue weighted by molar-refractivity contribution is 6.04. The Labute approximate surface area is 181 Å². The van der Waals surface area contributed by atoms with Crippen molar-refractivity contribution in [3.63, 3.8) is 0 Å². The summed E-state index contributed by atoms with van der Waals surface area (Å²) in [7, 11) is 1.91. The number of nitrogens with zero attached hydrogens (tertiary/aromatic N) is 5. The lowest BCUT2D eigenvalue weighted by Crippen LogP contribution is -2.49. The van der Waals surface area contributed by atoms with Crippen molar-refractivity contribution in [1.82, 2.24) is 9.88 Å². The van der Waals surface area contributed by atoms with Crippen molar-refractivity contribution < 1.29 is 14.0 Å². The van der Waals surface area contributed by atoms with Crippen molar-refractivity contribution in [1.29, 1.82) is 5.26 Å². The van der Waals surface area contributed by atoms with Crippen molar-refractivity contribution in [2.24, 2.45) is 5.92 Å². The molecule has 4 rings (SSSR count). The van der Waals surface area contributed by atoms with Gasteiger partial charge in [-0.05, 0) is 50.1 Å². The maximum absolute atomic E-state index is 12.8. The summed E-state index contributed by atoms with van der Waals surface area (Å²) in [6, 6.07) is 8.55. The molecular formula is C22H26N6O3. The number of aromatic nitrogens is 1. The van der Waals surface area contributed by atoms with Crippen LogP contribution in [0.3, 0.4) is 0 Å². The van der Waals surface area contributed by atoms with Gasteiger partial charge in [0.1, 0.15) is 11.9 Å². The molecule has 2 aliphatic heterocycles. The molecule has 162 valence electrons. The minimum Gasteiger partial charge on any atom is -0.440 e. The Kier molecular flexibility index (Phi) is 5.91. The summed E-state index contributed by atoms with van der Waals surface area (Å²) in [5.74, 6) is 1.17. The number of pyridine rings is 1. The van der Waals surface area contributed by atoms with Crippen LogP contribution in [-0.2, 0) is 4.79 Å². The second-order valence-corrected chi connectivity index (χ2v) is 8.22. The maximum atomic E-state index is 12.8. The van der Waals surface area contributed by atoms with Crippen LogP contribution in [0.15, 0.2) is 28.7 Å². The molecule has 0 saturated carbocycles. The molecular weight excluding hydrogens is 396 g/mol. The van der Waals surface area contributed by atoms with Crippen LogP contribution in [0.25, 0.3) is 0 Å². The summed E-state index contributed by atoms with van der Waals surface area (Å²) in [5, 5.41) is 11.8. The molecule has 2 saturated heterocycles. The molecule has 2 fully saturated rings. The molecule has 2 aromatic heterocycles. The zero-order chi connectivity index (χ0) is 22.0. The van der Waals surface area contributed by atoms with Gasteiger partial charge in [0.05, 0.1) is 12.2 Å². The predicted octanol–water partition coefficient (Wildman–Crippen LogP) is 2.31. The van der Waals surface area contributed by atoms with Gasteiger partial charge in [0.2, 0.25) is 11.7 Å². The van der Waals surface area contributed by atoms with E-state index in [2.05, 4.69) is 22.1 Å². The third-order valence-corrected chi connectivity index (χ3v) is 5.84. The van der Waals surface area contributed by atoms with E-state index >= 15 is 0 Å². The molecule has 0 atom stereocenters. The number of amides is 2. The van der Waals surface area contributed by atoms with Crippen molar-refractivity contribution in [2.45, 2.75) is 19.8 Å². The molecule has 0 aliphatic carbocycles. The molecule has 0 spiro atoms. The van der Waals surface area contributed by atoms with E-state index in [1.165, 1.54) is 12.1 Å². The topological polar surface area (TPSA) is 106 Å². The highest BCUT2D eigenvalue weighted by Gasteiger charge is 2.27. The quantitative estimate of drug-likeness (QED) is 0.806. The van der Waals surface area contributed by atoms with Crippen LogP contribution in [0.1, 0.15) is 36.1 Å². The zero-order valence-electron chi connectivity index (χ0n) is 17.8. The van der Waals surface area contributed by atoms with E-state index in [0.717, 1.165) is 38.2 Å². The minimum atomic E-state index is -0.484. The summed E-state index contributed by atoms with van der Waals surface area (Å²) >= 11 is 0. The highest BCUT2D eigenvalue weighted by atomic mass is 16.3. The van der Waals surface area contributed by atoms with Crippen LogP contribution in [0.5, 0.6) is 0 Å². The highest BCUT2D eigenvalue weighted by Crippen LogP contribution is 2.31. The van der Waals surface area contributed by atoms with Gasteiger partial charge in [-0.15, -0.1) is 0 Å². The molecule has 0 aromatic carbocycles. The molecule has 0 radical (unpaired) electrons.